The van der Waals surface area contributed by atoms with Gasteiger partial charge in [-0.25, -0.2) is 4.98 Å². The Morgan fingerprint density at radius 1 is 1.28 bits per heavy atom. The van der Waals surface area contributed by atoms with E-state index in [2.05, 4.69) is 30.0 Å². The highest BCUT2D eigenvalue weighted by molar-refractivity contribution is 5.85. The third-order valence-electron chi connectivity index (χ3n) is 6.73. The molecule has 3 aliphatic rings. The van der Waals surface area contributed by atoms with E-state index in [0.29, 0.717) is 5.92 Å². The molecule has 1 aromatic heterocycles. The smallest absolute Gasteiger partial charge is 0.129 e. The average molecular weight is 338 g/mol. The lowest BCUT2D eigenvalue weighted by atomic mass is 9.75. The van der Waals surface area contributed by atoms with E-state index >= 15 is 0 Å². The van der Waals surface area contributed by atoms with Crippen LogP contribution in [0.1, 0.15) is 29.5 Å². The topological polar surface area (TPSA) is 45.6 Å². The molecule has 0 bridgehead atoms. The van der Waals surface area contributed by atoms with Gasteiger partial charge in [-0.15, -0.1) is 0 Å². The molecule has 1 N–H and O–H groups in total. The molecule has 1 aliphatic carbocycles. The van der Waals surface area contributed by atoms with Crippen LogP contribution in [-0.2, 0) is 17.6 Å². The molecule has 25 heavy (non-hydrogen) atoms. The molecular weight excluding hydrogens is 312 g/mol. The summed E-state index contributed by atoms with van der Waals surface area (Å²) < 4.78 is 5.68. The predicted molar refractivity (Wildman–Crippen MR) is 99.2 cm³/mol. The van der Waals surface area contributed by atoms with E-state index in [-0.39, 0.29) is 12.0 Å². The maximum Gasteiger partial charge on any atom is 0.129 e. The van der Waals surface area contributed by atoms with Crippen molar-refractivity contribution >= 4 is 16.7 Å². The van der Waals surface area contributed by atoms with Gasteiger partial charge in [-0.05, 0) is 67.5 Å². The summed E-state index contributed by atoms with van der Waals surface area (Å²) in [6.45, 7) is 5.79. The Labute approximate surface area is 148 Å². The van der Waals surface area contributed by atoms with Crippen LogP contribution in [0.25, 0.3) is 10.9 Å². The van der Waals surface area contributed by atoms with Crippen LogP contribution in [0.4, 0.5) is 5.82 Å². The van der Waals surface area contributed by atoms with Crippen molar-refractivity contribution in [2.75, 3.05) is 37.8 Å². The first-order chi connectivity index (χ1) is 12.2. The van der Waals surface area contributed by atoms with Crippen LogP contribution in [0.3, 0.4) is 0 Å². The van der Waals surface area contributed by atoms with Gasteiger partial charge in [0.05, 0.1) is 18.7 Å². The van der Waals surface area contributed by atoms with E-state index in [0.717, 1.165) is 44.1 Å². The number of benzene rings is 1. The fourth-order valence-electron chi connectivity index (χ4n) is 5.09. The summed E-state index contributed by atoms with van der Waals surface area (Å²) in [5.74, 6) is 1.47. The number of nitrogens with zero attached hydrogens (tertiary/aromatic N) is 2. The molecule has 2 atom stereocenters. The summed E-state index contributed by atoms with van der Waals surface area (Å²) in [4.78, 5) is 7.39. The number of anilines is 1. The second-order valence-corrected chi connectivity index (χ2v) is 8.21. The minimum Gasteiger partial charge on any atom is -0.396 e. The highest BCUT2D eigenvalue weighted by atomic mass is 16.5. The normalized spacial score (nSPS) is 28.4. The molecule has 2 aliphatic heterocycles. The van der Waals surface area contributed by atoms with Gasteiger partial charge in [-0.3, -0.25) is 0 Å². The Bertz CT molecular complexity index is 834. The lowest BCUT2D eigenvalue weighted by Gasteiger charge is -2.36. The van der Waals surface area contributed by atoms with Crippen molar-refractivity contribution in [3.8, 4) is 0 Å². The Kier molecular flexibility index (Phi) is 3.54. The van der Waals surface area contributed by atoms with E-state index in [1.807, 2.05) is 0 Å². The standard InChI is InChI=1S/C21H26N2O2/c1-14-7-20(22-19-9-16-4-2-3-15(16)8-18(14)19)23-10-17-11-25-6-5-21(17,12-23)13-24/h7-9,17,24H,2-6,10-13H2,1H3/t17-,21-/m1/s1. The molecule has 0 spiro atoms. The number of fused-ring (bicyclic) bond motifs is 3. The SMILES string of the molecule is Cc1cc(N2C[C@@H]3COCC[C@]3(CO)C2)nc2cc3c(cc12)CCC3. The largest absolute Gasteiger partial charge is 0.396 e. The number of aliphatic hydroxyl groups excluding tert-OH is 1. The number of hydrogen-bond acceptors (Lipinski definition) is 4. The zero-order valence-electron chi connectivity index (χ0n) is 14.9. The minimum atomic E-state index is -0.0132. The summed E-state index contributed by atoms with van der Waals surface area (Å²) in [6, 6.07) is 6.89. The minimum absolute atomic E-state index is 0.0132. The van der Waals surface area contributed by atoms with Crippen LogP contribution in [0.5, 0.6) is 0 Å². The molecule has 0 saturated carbocycles. The van der Waals surface area contributed by atoms with Crippen LogP contribution < -0.4 is 4.90 Å². The third-order valence-corrected chi connectivity index (χ3v) is 6.73. The first-order valence-electron chi connectivity index (χ1n) is 9.55. The van der Waals surface area contributed by atoms with E-state index in [1.165, 1.54) is 41.3 Å². The van der Waals surface area contributed by atoms with Crippen molar-refractivity contribution in [3.63, 3.8) is 0 Å². The van der Waals surface area contributed by atoms with Crippen molar-refractivity contribution < 1.29 is 9.84 Å². The Hall–Kier alpha value is -1.65. The number of pyridine rings is 1. The zero-order valence-corrected chi connectivity index (χ0v) is 14.9. The molecule has 5 rings (SSSR count). The van der Waals surface area contributed by atoms with E-state index in [9.17, 15) is 5.11 Å². The number of aromatic nitrogens is 1. The summed E-state index contributed by atoms with van der Waals surface area (Å²) in [7, 11) is 0. The molecule has 2 saturated heterocycles. The van der Waals surface area contributed by atoms with E-state index in [4.69, 9.17) is 9.72 Å². The van der Waals surface area contributed by atoms with Gasteiger partial charge in [0.25, 0.3) is 0 Å². The van der Waals surface area contributed by atoms with Crippen LogP contribution in [0, 0.1) is 18.3 Å². The summed E-state index contributed by atoms with van der Waals surface area (Å²) in [5.41, 5.74) is 5.40. The summed E-state index contributed by atoms with van der Waals surface area (Å²) in [5, 5.41) is 11.3. The van der Waals surface area contributed by atoms with Gasteiger partial charge in [-0.2, -0.15) is 0 Å². The van der Waals surface area contributed by atoms with Crippen molar-refractivity contribution in [3.05, 3.63) is 34.9 Å². The van der Waals surface area contributed by atoms with Gasteiger partial charge in [-0.1, -0.05) is 0 Å². The molecule has 1 aromatic carbocycles. The molecule has 2 aromatic rings. The quantitative estimate of drug-likeness (QED) is 0.915. The number of rotatable bonds is 2. The highest BCUT2D eigenvalue weighted by Gasteiger charge is 2.48. The van der Waals surface area contributed by atoms with Crippen LogP contribution >= 0.6 is 0 Å². The Balaban J connectivity index is 1.54. The molecule has 3 heterocycles. The molecule has 0 radical (unpaired) electrons. The fraction of sp³-hybridized carbons (Fsp3) is 0.571. The van der Waals surface area contributed by atoms with Gasteiger partial charge in [0.2, 0.25) is 0 Å². The van der Waals surface area contributed by atoms with Crippen molar-refractivity contribution in [2.24, 2.45) is 11.3 Å². The van der Waals surface area contributed by atoms with Gasteiger partial charge in [0.15, 0.2) is 0 Å². The zero-order chi connectivity index (χ0) is 17.0. The maximum absolute atomic E-state index is 10.0. The number of hydrogen-bond donors (Lipinski definition) is 1. The molecular formula is C21H26N2O2. The number of aryl methyl sites for hydroxylation is 3. The highest BCUT2D eigenvalue weighted by Crippen LogP contribution is 2.43. The third kappa shape index (κ3) is 2.38. The second kappa shape index (κ2) is 5.68. The maximum atomic E-state index is 10.0. The molecule has 0 unspecified atom stereocenters. The molecule has 132 valence electrons. The van der Waals surface area contributed by atoms with Crippen LogP contribution in [0.15, 0.2) is 18.2 Å². The fourth-order valence-corrected chi connectivity index (χ4v) is 5.09. The molecule has 2 fully saturated rings. The van der Waals surface area contributed by atoms with E-state index < -0.39 is 0 Å². The van der Waals surface area contributed by atoms with Crippen molar-refractivity contribution in [2.45, 2.75) is 32.6 Å². The summed E-state index contributed by atoms with van der Waals surface area (Å²) in [6.07, 6.45) is 4.61. The second-order valence-electron chi connectivity index (χ2n) is 8.21. The Morgan fingerprint density at radius 3 is 2.92 bits per heavy atom. The van der Waals surface area contributed by atoms with Crippen molar-refractivity contribution in [1.82, 2.24) is 4.98 Å². The van der Waals surface area contributed by atoms with Gasteiger partial charge >= 0.3 is 0 Å². The van der Waals surface area contributed by atoms with Crippen LogP contribution in [0.2, 0.25) is 0 Å². The molecule has 4 heteroatoms. The molecule has 0 amide bonds. The monoisotopic (exact) mass is 338 g/mol. The number of ether oxygens (including phenoxy) is 1. The van der Waals surface area contributed by atoms with Gasteiger partial charge in [0.1, 0.15) is 5.82 Å². The molecule has 4 nitrogen and oxygen atoms in total. The first kappa shape index (κ1) is 15.6. The van der Waals surface area contributed by atoms with E-state index in [1.54, 1.807) is 0 Å². The van der Waals surface area contributed by atoms with Gasteiger partial charge < -0.3 is 14.7 Å². The average Bonchev–Trinajstić information content (AvgIpc) is 3.24. The lowest BCUT2D eigenvalue weighted by Crippen LogP contribution is -2.41. The van der Waals surface area contributed by atoms with Gasteiger partial charge in [0, 0.05) is 36.4 Å². The van der Waals surface area contributed by atoms with Crippen molar-refractivity contribution in [1.29, 1.82) is 0 Å². The Morgan fingerprint density at radius 2 is 2.12 bits per heavy atom. The first-order valence-corrected chi connectivity index (χ1v) is 9.55. The predicted octanol–water partition coefficient (Wildman–Crippen LogP) is 2.87. The number of aliphatic hydroxyl groups is 1. The summed E-state index contributed by atoms with van der Waals surface area (Å²) >= 11 is 0. The van der Waals surface area contributed by atoms with Crippen LogP contribution in [-0.4, -0.2) is 43.0 Å². The lowest BCUT2D eigenvalue weighted by molar-refractivity contribution is -0.0410.